The number of carbonyl (C=O) groups excluding carboxylic acids is 1. The number of ether oxygens (including phenoxy) is 1. The van der Waals surface area contributed by atoms with Crippen LogP contribution in [0.1, 0.15) is 29.3 Å². The molecular formula is C29H30N2O2. The van der Waals surface area contributed by atoms with E-state index in [0.717, 1.165) is 36.2 Å². The fourth-order valence-electron chi connectivity index (χ4n) is 4.14. The molecule has 0 radical (unpaired) electrons. The molecule has 0 unspecified atom stereocenters. The number of rotatable bonds is 9. The number of benzene rings is 3. The molecule has 168 valence electrons. The van der Waals surface area contributed by atoms with Crippen LogP contribution in [0.5, 0.6) is 0 Å². The van der Waals surface area contributed by atoms with Gasteiger partial charge in [-0.05, 0) is 78.9 Å². The maximum absolute atomic E-state index is 11.6. The molecule has 0 aliphatic carbocycles. The van der Waals surface area contributed by atoms with Crippen LogP contribution in [0, 0.1) is 6.92 Å². The Hall–Kier alpha value is -3.63. The number of aryl methyl sites for hydroxylation is 1. The summed E-state index contributed by atoms with van der Waals surface area (Å²) in [7, 11) is 0. The Balaban J connectivity index is 1.38. The van der Waals surface area contributed by atoms with E-state index in [4.69, 9.17) is 4.74 Å². The van der Waals surface area contributed by atoms with Crippen LogP contribution in [0.2, 0.25) is 0 Å². The van der Waals surface area contributed by atoms with Crippen LogP contribution >= 0.6 is 0 Å². The Bertz CT molecular complexity index is 1270. The van der Waals surface area contributed by atoms with E-state index in [1.165, 1.54) is 33.8 Å². The second kappa shape index (κ2) is 10.8. The Morgan fingerprint density at radius 1 is 1.00 bits per heavy atom. The molecule has 0 spiro atoms. The van der Waals surface area contributed by atoms with Gasteiger partial charge in [0.05, 0.1) is 6.61 Å². The summed E-state index contributed by atoms with van der Waals surface area (Å²) in [6, 6.07) is 25.2. The van der Waals surface area contributed by atoms with Crippen LogP contribution in [0.25, 0.3) is 28.1 Å². The largest absolute Gasteiger partial charge is 0.463 e. The Kier molecular flexibility index (Phi) is 7.38. The lowest BCUT2D eigenvalue weighted by molar-refractivity contribution is -0.137. The summed E-state index contributed by atoms with van der Waals surface area (Å²) < 4.78 is 4.96. The zero-order valence-corrected chi connectivity index (χ0v) is 19.2. The maximum Gasteiger partial charge on any atom is 0.330 e. The predicted octanol–water partition coefficient (Wildman–Crippen LogP) is 6.05. The number of para-hydroxylation sites is 1. The molecule has 4 rings (SSSR count). The van der Waals surface area contributed by atoms with E-state index >= 15 is 0 Å². The summed E-state index contributed by atoms with van der Waals surface area (Å²) in [6.45, 7) is 6.07. The minimum atomic E-state index is -0.321. The highest BCUT2D eigenvalue weighted by atomic mass is 16.5. The summed E-state index contributed by atoms with van der Waals surface area (Å²) >= 11 is 0. The van der Waals surface area contributed by atoms with Crippen molar-refractivity contribution in [3.8, 4) is 11.1 Å². The number of aromatic nitrogens is 1. The molecule has 0 aliphatic heterocycles. The number of esters is 1. The topological polar surface area (TPSA) is 54.1 Å². The average molecular weight is 439 g/mol. The molecule has 3 aromatic carbocycles. The SMILES string of the molecule is CCOC(=O)/C=C/c1cccc(-c2cccc(CNCCc3c(C)[nH]c4ccccc34)c2)c1. The first-order valence-corrected chi connectivity index (χ1v) is 11.4. The van der Waals surface area contributed by atoms with Gasteiger partial charge in [-0.3, -0.25) is 0 Å². The van der Waals surface area contributed by atoms with E-state index in [-0.39, 0.29) is 5.97 Å². The zero-order valence-electron chi connectivity index (χ0n) is 19.2. The van der Waals surface area contributed by atoms with Crippen LogP contribution in [-0.4, -0.2) is 24.1 Å². The highest BCUT2D eigenvalue weighted by Crippen LogP contribution is 2.23. The van der Waals surface area contributed by atoms with Crippen LogP contribution in [0.4, 0.5) is 0 Å². The fourth-order valence-corrected chi connectivity index (χ4v) is 4.14. The average Bonchev–Trinajstić information content (AvgIpc) is 3.16. The van der Waals surface area contributed by atoms with Gasteiger partial charge in [-0.1, -0.05) is 54.6 Å². The van der Waals surface area contributed by atoms with E-state index in [2.05, 4.69) is 77.9 Å². The lowest BCUT2D eigenvalue weighted by Gasteiger charge is -2.09. The first-order chi connectivity index (χ1) is 16.1. The standard InChI is InChI=1S/C29H30N2O2/c1-3-33-29(32)15-14-22-8-6-10-24(18-22)25-11-7-9-23(19-25)20-30-17-16-26-21(2)31-28-13-5-4-12-27(26)28/h4-15,18-19,30-31H,3,16-17,20H2,1-2H3/b15-14+. The molecule has 0 fully saturated rings. The van der Waals surface area contributed by atoms with Crippen LogP contribution < -0.4 is 5.32 Å². The first-order valence-electron chi connectivity index (χ1n) is 11.4. The number of H-pyrrole nitrogens is 1. The van der Waals surface area contributed by atoms with E-state index in [0.29, 0.717) is 6.61 Å². The van der Waals surface area contributed by atoms with Gasteiger partial charge >= 0.3 is 5.97 Å². The molecule has 4 heteroatoms. The molecule has 0 amide bonds. The fraction of sp³-hybridized carbons (Fsp3) is 0.207. The van der Waals surface area contributed by atoms with Gasteiger partial charge in [-0.15, -0.1) is 0 Å². The normalized spacial score (nSPS) is 11.3. The highest BCUT2D eigenvalue weighted by molar-refractivity contribution is 5.87. The molecule has 0 saturated heterocycles. The van der Waals surface area contributed by atoms with E-state index in [1.54, 1.807) is 13.0 Å². The van der Waals surface area contributed by atoms with Crippen LogP contribution in [0.3, 0.4) is 0 Å². The Morgan fingerprint density at radius 3 is 2.64 bits per heavy atom. The van der Waals surface area contributed by atoms with Crippen molar-refractivity contribution in [1.82, 2.24) is 10.3 Å². The molecule has 33 heavy (non-hydrogen) atoms. The second-order valence-corrected chi connectivity index (χ2v) is 8.11. The van der Waals surface area contributed by atoms with E-state index in [9.17, 15) is 4.79 Å². The maximum atomic E-state index is 11.6. The summed E-state index contributed by atoms with van der Waals surface area (Å²) in [5, 5.41) is 4.91. The van der Waals surface area contributed by atoms with Gasteiger partial charge < -0.3 is 15.0 Å². The molecule has 2 N–H and O–H groups in total. The lowest BCUT2D eigenvalue weighted by Crippen LogP contribution is -2.16. The van der Waals surface area contributed by atoms with Gasteiger partial charge in [0, 0.05) is 29.2 Å². The van der Waals surface area contributed by atoms with Crippen molar-refractivity contribution < 1.29 is 9.53 Å². The molecule has 0 saturated carbocycles. The third-order valence-electron chi connectivity index (χ3n) is 5.75. The van der Waals surface area contributed by atoms with Crippen molar-refractivity contribution in [3.05, 3.63) is 101 Å². The van der Waals surface area contributed by atoms with Crippen LogP contribution in [-0.2, 0) is 22.5 Å². The lowest BCUT2D eigenvalue weighted by atomic mass is 10.0. The molecule has 1 aromatic heterocycles. The van der Waals surface area contributed by atoms with Gasteiger partial charge in [0.2, 0.25) is 0 Å². The number of fused-ring (bicyclic) bond motifs is 1. The minimum absolute atomic E-state index is 0.321. The summed E-state index contributed by atoms with van der Waals surface area (Å²) in [5.74, 6) is -0.321. The summed E-state index contributed by atoms with van der Waals surface area (Å²) in [6.07, 6.45) is 4.25. The van der Waals surface area contributed by atoms with Crippen LogP contribution in [0.15, 0.2) is 78.9 Å². The third-order valence-corrected chi connectivity index (χ3v) is 5.75. The molecular weight excluding hydrogens is 408 g/mol. The third kappa shape index (κ3) is 5.79. The van der Waals surface area contributed by atoms with Gasteiger partial charge in [0.1, 0.15) is 0 Å². The molecule has 1 heterocycles. The number of aromatic amines is 1. The van der Waals surface area contributed by atoms with Gasteiger partial charge in [-0.25, -0.2) is 4.79 Å². The monoisotopic (exact) mass is 438 g/mol. The summed E-state index contributed by atoms with van der Waals surface area (Å²) in [4.78, 5) is 15.1. The Labute approximate surface area is 195 Å². The van der Waals surface area contributed by atoms with Crippen molar-refractivity contribution in [2.24, 2.45) is 0 Å². The van der Waals surface area contributed by atoms with Crippen molar-refractivity contribution in [1.29, 1.82) is 0 Å². The molecule has 4 aromatic rings. The summed E-state index contributed by atoms with van der Waals surface area (Å²) in [5.41, 5.74) is 8.34. The first kappa shape index (κ1) is 22.6. The van der Waals surface area contributed by atoms with Crippen molar-refractivity contribution in [2.75, 3.05) is 13.2 Å². The molecule has 0 bridgehead atoms. The van der Waals surface area contributed by atoms with Crippen molar-refractivity contribution in [2.45, 2.75) is 26.8 Å². The minimum Gasteiger partial charge on any atom is -0.463 e. The molecule has 4 nitrogen and oxygen atoms in total. The number of nitrogens with one attached hydrogen (secondary N) is 2. The second-order valence-electron chi connectivity index (χ2n) is 8.11. The highest BCUT2D eigenvalue weighted by Gasteiger charge is 2.07. The number of carbonyl (C=O) groups is 1. The van der Waals surface area contributed by atoms with Gasteiger partial charge in [-0.2, -0.15) is 0 Å². The molecule has 0 aliphatic rings. The number of hydrogen-bond donors (Lipinski definition) is 2. The van der Waals surface area contributed by atoms with Crippen molar-refractivity contribution >= 4 is 22.9 Å². The van der Waals surface area contributed by atoms with E-state index in [1.807, 2.05) is 12.1 Å². The Morgan fingerprint density at radius 2 is 1.79 bits per heavy atom. The zero-order chi connectivity index (χ0) is 23.0. The van der Waals surface area contributed by atoms with Gasteiger partial charge in [0.25, 0.3) is 0 Å². The predicted molar refractivity (Wildman–Crippen MR) is 136 cm³/mol. The van der Waals surface area contributed by atoms with Crippen molar-refractivity contribution in [3.63, 3.8) is 0 Å². The molecule has 0 atom stereocenters. The van der Waals surface area contributed by atoms with Gasteiger partial charge in [0.15, 0.2) is 0 Å². The van der Waals surface area contributed by atoms with E-state index < -0.39 is 0 Å². The quantitative estimate of drug-likeness (QED) is 0.190. The smallest absolute Gasteiger partial charge is 0.330 e. The number of hydrogen-bond acceptors (Lipinski definition) is 3.